The number of halogens is 1. The van der Waals surface area contributed by atoms with Gasteiger partial charge in [-0.2, -0.15) is 0 Å². The highest BCUT2D eigenvalue weighted by Crippen LogP contribution is 2.37. The van der Waals surface area contributed by atoms with Crippen molar-refractivity contribution < 1.29 is 5.11 Å². The van der Waals surface area contributed by atoms with Gasteiger partial charge in [-0.15, -0.1) is 11.3 Å². The monoisotopic (exact) mass is 216 g/mol. The molecule has 72 valence electrons. The van der Waals surface area contributed by atoms with Crippen LogP contribution in [-0.4, -0.2) is 5.11 Å². The Bertz CT molecular complexity index is 280. The topological polar surface area (TPSA) is 20.2 Å². The molecule has 1 aliphatic carbocycles. The van der Waals surface area contributed by atoms with Crippen molar-refractivity contribution >= 4 is 22.9 Å². The standard InChI is InChI=1S/C10H13ClOS/c11-10-5-4-9(13-10)8(12)6-7-2-1-3-7/h4-5,7-8,12H,1-3,6H2. The largest absolute Gasteiger partial charge is 0.388 e. The molecule has 1 heterocycles. The maximum absolute atomic E-state index is 9.82. The van der Waals surface area contributed by atoms with Gasteiger partial charge in [0.25, 0.3) is 0 Å². The van der Waals surface area contributed by atoms with Crippen LogP contribution in [0.2, 0.25) is 4.34 Å². The minimum Gasteiger partial charge on any atom is -0.388 e. The summed E-state index contributed by atoms with van der Waals surface area (Å²) < 4.78 is 0.766. The molecule has 0 aliphatic heterocycles. The predicted octanol–water partition coefficient (Wildman–Crippen LogP) is 3.63. The van der Waals surface area contributed by atoms with Crippen LogP contribution in [-0.2, 0) is 0 Å². The zero-order valence-electron chi connectivity index (χ0n) is 7.37. The van der Waals surface area contributed by atoms with E-state index in [9.17, 15) is 5.11 Å². The Morgan fingerprint density at radius 1 is 1.54 bits per heavy atom. The third-order valence-electron chi connectivity index (χ3n) is 2.70. The van der Waals surface area contributed by atoms with Crippen LogP contribution >= 0.6 is 22.9 Å². The molecule has 1 unspecified atom stereocenters. The maximum atomic E-state index is 9.82. The van der Waals surface area contributed by atoms with E-state index in [2.05, 4.69) is 0 Å². The Morgan fingerprint density at radius 3 is 2.77 bits per heavy atom. The van der Waals surface area contributed by atoms with Gasteiger partial charge in [0.15, 0.2) is 0 Å². The number of aliphatic hydroxyl groups excluding tert-OH is 1. The summed E-state index contributed by atoms with van der Waals surface area (Å²) in [5, 5.41) is 9.82. The fourth-order valence-corrected chi connectivity index (χ4v) is 2.73. The molecule has 2 rings (SSSR count). The zero-order chi connectivity index (χ0) is 9.26. The van der Waals surface area contributed by atoms with Gasteiger partial charge in [0.2, 0.25) is 0 Å². The minimum absolute atomic E-state index is 0.289. The summed E-state index contributed by atoms with van der Waals surface area (Å²) in [5.74, 6) is 0.746. The van der Waals surface area contributed by atoms with Crippen LogP contribution in [0.4, 0.5) is 0 Å². The highest BCUT2D eigenvalue weighted by Gasteiger charge is 2.22. The fourth-order valence-electron chi connectivity index (χ4n) is 1.67. The van der Waals surface area contributed by atoms with Crippen LogP contribution < -0.4 is 0 Å². The molecule has 1 fully saturated rings. The van der Waals surface area contributed by atoms with Gasteiger partial charge in [-0.25, -0.2) is 0 Å². The number of thiophene rings is 1. The summed E-state index contributed by atoms with van der Waals surface area (Å²) in [7, 11) is 0. The normalized spacial score (nSPS) is 19.8. The molecule has 0 amide bonds. The summed E-state index contributed by atoms with van der Waals surface area (Å²) in [5.41, 5.74) is 0. The number of rotatable bonds is 3. The second-order valence-corrected chi connectivity index (χ2v) is 5.44. The molecule has 0 bridgehead atoms. The van der Waals surface area contributed by atoms with Crippen molar-refractivity contribution in [3.63, 3.8) is 0 Å². The summed E-state index contributed by atoms with van der Waals surface area (Å²) in [6, 6.07) is 3.78. The van der Waals surface area contributed by atoms with Crippen LogP contribution in [0.1, 0.15) is 36.7 Å². The Balaban J connectivity index is 1.92. The molecule has 0 spiro atoms. The summed E-state index contributed by atoms with van der Waals surface area (Å²) in [6.07, 6.45) is 4.54. The Kier molecular flexibility index (Phi) is 2.92. The molecule has 0 saturated heterocycles. The smallest absolute Gasteiger partial charge is 0.0932 e. The quantitative estimate of drug-likeness (QED) is 0.818. The van der Waals surface area contributed by atoms with E-state index in [1.54, 1.807) is 0 Å². The lowest BCUT2D eigenvalue weighted by Crippen LogP contribution is -2.14. The van der Waals surface area contributed by atoms with Gasteiger partial charge >= 0.3 is 0 Å². The first-order valence-corrected chi connectivity index (χ1v) is 5.88. The van der Waals surface area contributed by atoms with Gasteiger partial charge < -0.3 is 5.11 Å². The van der Waals surface area contributed by atoms with Crippen molar-refractivity contribution in [2.24, 2.45) is 5.92 Å². The highest BCUT2D eigenvalue weighted by atomic mass is 35.5. The highest BCUT2D eigenvalue weighted by molar-refractivity contribution is 7.16. The third kappa shape index (κ3) is 2.25. The molecular weight excluding hydrogens is 204 g/mol. The van der Waals surface area contributed by atoms with Gasteiger partial charge in [0.1, 0.15) is 0 Å². The summed E-state index contributed by atoms with van der Waals surface area (Å²) in [4.78, 5) is 1.01. The van der Waals surface area contributed by atoms with E-state index in [4.69, 9.17) is 11.6 Å². The van der Waals surface area contributed by atoms with E-state index in [0.717, 1.165) is 21.6 Å². The second-order valence-electron chi connectivity index (χ2n) is 3.69. The lowest BCUT2D eigenvalue weighted by Gasteiger charge is -2.27. The SMILES string of the molecule is OC(CC1CCC1)c1ccc(Cl)s1. The predicted molar refractivity (Wildman–Crippen MR) is 56.2 cm³/mol. The van der Waals surface area contributed by atoms with Crippen molar-refractivity contribution in [2.75, 3.05) is 0 Å². The first-order valence-electron chi connectivity index (χ1n) is 4.69. The molecule has 1 aromatic rings. The maximum Gasteiger partial charge on any atom is 0.0932 e. The van der Waals surface area contributed by atoms with Crippen molar-refractivity contribution in [2.45, 2.75) is 31.8 Å². The molecule has 1 aromatic heterocycles. The molecule has 1 nitrogen and oxygen atoms in total. The average Bonchev–Trinajstić information content (AvgIpc) is 2.44. The fraction of sp³-hybridized carbons (Fsp3) is 0.600. The van der Waals surface area contributed by atoms with Crippen LogP contribution in [0.25, 0.3) is 0 Å². The Hall–Kier alpha value is -0.0500. The van der Waals surface area contributed by atoms with Gasteiger partial charge in [0, 0.05) is 4.88 Å². The van der Waals surface area contributed by atoms with Gasteiger partial charge in [-0.1, -0.05) is 30.9 Å². The van der Waals surface area contributed by atoms with E-state index in [0.29, 0.717) is 0 Å². The Labute approximate surface area is 87.4 Å². The van der Waals surface area contributed by atoms with E-state index < -0.39 is 0 Å². The summed E-state index contributed by atoms with van der Waals surface area (Å²) in [6.45, 7) is 0. The average molecular weight is 217 g/mol. The molecule has 1 saturated carbocycles. The zero-order valence-corrected chi connectivity index (χ0v) is 8.94. The lowest BCUT2D eigenvalue weighted by atomic mass is 9.81. The molecule has 1 N–H and O–H groups in total. The van der Waals surface area contributed by atoms with Gasteiger partial charge in [-0.3, -0.25) is 0 Å². The van der Waals surface area contributed by atoms with Crippen LogP contribution in [0, 0.1) is 5.92 Å². The van der Waals surface area contributed by atoms with Crippen molar-refractivity contribution in [1.29, 1.82) is 0 Å². The van der Waals surface area contributed by atoms with Crippen LogP contribution in [0.5, 0.6) is 0 Å². The number of hydrogen-bond donors (Lipinski definition) is 1. The van der Waals surface area contributed by atoms with Crippen molar-refractivity contribution in [3.05, 3.63) is 21.3 Å². The van der Waals surface area contributed by atoms with E-state index in [1.807, 2.05) is 12.1 Å². The molecule has 13 heavy (non-hydrogen) atoms. The van der Waals surface area contributed by atoms with E-state index >= 15 is 0 Å². The van der Waals surface area contributed by atoms with E-state index in [-0.39, 0.29) is 6.10 Å². The second kappa shape index (κ2) is 3.99. The molecule has 0 aromatic carbocycles. The van der Waals surface area contributed by atoms with Crippen LogP contribution in [0.15, 0.2) is 12.1 Å². The van der Waals surface area contributed by atoms with Crippen LogP contribution in [0.3, 0.4) is 0 Å². The minimum atomic E-state index is -0.289. The number of hydrogen-bond acceptors (Lipinski definition) is 2. The lowest BCUT2D eigenvalue weighted by molar-refractivity contribution is 0.121. The first kappa shape index (κ1) is 9.50. The molecule has 3 heteroatoms. The first-order chi connectivity index (χ1) is 6.25. The molecule has 1 atom stereocenters. The summed E-state index contributed by atoms with van der Waals surface area (Å²) >= 11 is 7.28. The van der Waals surface area contributed by atoms with Crippen molar-refractivity contribution in [3.8, 4) is 0 Å². The van der Waals surface area contributed by atoms with E-state index in [1.165, 1.54) is 30.6 Å². The van der Waals surface area contributed by atoms with Crippen molar-refractivity contribution in [1.82, 2.24) is 0 Å². The van der Waals surface area contributed by atoms with Gasteiger partial charge in [0.05, 0.1) is 10.4 Å². The molecule has 0 radical (unpaired) electrons. The Morgan fingerprint density at radius 2 is 2.31 bits per heavy atom. The number of aliphatic hydroxyl groups is 1. The van der Waals surface area contributed by atoms with Gasteiger partial charge in [-0.05, 0) is 24.5 Å². The molecular formula is C10H13ClOS. The third-order valence-corrected chi connectivity index (χ3v) is 4.04. The molecule has 1 aliphatic rings.